The van der Waals surface area contributed by atoms with E-state index < -0.39 is 10.0 Å². The number of rotatable bonds is 3. The van der Waals surface area contributed by atoms with E-state index in [-0.39, 0.29) is 16.7 Å². The van der Waals surface area contributed by atoms with Gasteiger partial charge in [-0.3, -0.25) is 4.79 Å². The second-order valence-corrected chi connectivity index (χ2v) is 9.37. The summed E-state index contributed by atoms with van der Waals surface area (Å²) in [4.78, 5) is 14.5. The normalized spacial score (nSPS) is 22.7. The zero-order valence-electron chi connectivity index (χ0n) is 15.1. The number of sulfonamides is 1. The van der Waals surface area contributed by atoms with Crippen molar-refractivity contribution in [2.24, 2.45) is 10.3 Å². The molecule has 1 amide bonds. The molecule has 0 aromatic heterocycles. The molecule has 1 saturated heterocycles. The topological polar surface area (TPSA) is 78.8 Å². The van der Waals surface area contributed by atoms with Gasteiger partial charge in [0.25, 0.3) is 10.0 Å². The van der Waals surface area contributed by atoms with Gasteiger partial charge >= 0.3 is 0 Å². The number of nitrogens with one attached hydrogen (secondary N) is 1. The third-order valence-corrected chi connectivity index (χ3v) is 7.06. The van der Waals surface area contributed by atoms with Gasteiger partial charge in [-0.1, -0.05) is 23.7 Å². The third kappa shape index (κ3) is 3.75. The smallest absolute Gasteiger partial charge is 0.285 e. The van der Waals surface area contributed by atoms with Gasteiger partial charge in [-0.05, 0) is 50.3 Å². The number of carbonyl (C=O) groups is 1. The monoisotopic (exact) mass is 407 g/mol. The fourth-order valence-corrected chi connectivity index (χ4v) is 5.29. The van der Waals surface area contributed by atoms with Crippen molar-refractivity contribution in [1.29, 1.82) is 0 Å². The molecular weight excluding hydrogens is 386 g/mol. The van der Waals surface area contributed by atoms with Crippen molar-refractivity contribution < 1.29 is 13.2 Å². The Morgan fingerprint density at radius 2 is 1.78 bits per heavy atom. The summed E-state index contributed by atoms with van der Waals surface area (Å²) in [6.07, 6.45) is 3.58. The van der Waals surface area contributed by atoms with Crippen LogP contribution in [0.4, 0.5) is 0 Å². The average molecular weight is 408 g/mol. The lowest BCUT2D eigenvalue weighted by molar-refractivity contribution is -0.126. The first-order valence-corrected chi connectivity index (χ1v) is 11.0. The van der Waals surface area contributed by atoms with Crippen LogP contribution in [0, 0.1) is 5.92 Å². The summed E-state index contributed by atoms with van der Waals surface area (Å²) in [5, 5.41) is 3.61. The minimum absolute atomic E-state index is 0.000446. The molecule has 1 N–H and O–H groups in total. The Labute approximate surface area is 164 Å². The molecular formula is C19H22ClN3O3S. The molecule has 0 bridgehead atoms. The molecule has 4 rings (SSSR count). The fraction of sp³-hybridized carbons (Fsp3) is 0.474. The Kier molecular flexibility index (Phi) is 4.76. The second-order valence-electron chi connectivity index (χ2n) is 7.40. The zero-order chi connectivity index (χ0) is 19.2. The number of piperidine rings is 1. The fourth-order valence-electron chi connectivity index (χ4n) is 3.68. The Balaban J connectivity index is 1.50. The van der Waals surface area contributed by atoms with Crippen LogP contribution in [0.3, 0.4) is 0 Å². The van der Waals surface area contributed by atoms with Crippen LogP contribution in [-0.4, -0.2) is 44.2 Å². The van der Waals surface area contributed by atoms with E-state index in [9.17, 15) is 13.2 Å². The summed E-state index contributed by atoms with van der Waals surface area (Å²) in [5.74, 6) is 0.633. The van der Waals surface area contributed by atoms with Gasteiger partial charge < -0.3 is 10.2 Å². The highest BCUT2D eigenvalue weighted by molar-refractivity contribution is 8.00. The van der Waals surface area contributed by atoms with Crippen molar-refractivity contribution in [3.05, 3.63) is 40.4 Å². The first-order chi connectivity index (χ1) is 12.8. The number of halogens is 1. The maximum Gasteiger partial charge on any atom is 0.285 e. The number of carbonyl (C=O) groups excluding carboxylic acids is 1. The number of amides is 1. The Bertz CT molecular complexity index is 925. The van der Waals surface area contributed by atoms with Crippen molar-refractivity contribution in [3.63, 3.8) is 0 Å². The molecule has 0 unspecified atom stereocenters. The van der Waals surface area contributed by atoms with Crippen molar-refractivity contribution in [2.45, 2.75) is 38.6 Å². The summed E-state index contributed by atoms with van der Waals surface area (Å²) in [5.41, 5.74) is 1.24. The van der Waals surface area contributed by atoms with E-state index in [1.54, 1.807) is 31.2 Å². The lowest BCUT2D eigenvalue weighted by atomic mass is 9.95. The van der Waals surface area contributed by atoms with Crippen LogP contribution in [0.5, 0.6) is 0 Å². The lowest BCUT2D eigenvalue weighted by Crippen LogP contribution is -2.43. The zero-order valence-corrected chi connectivity index (χ0v) is 16.7. The van der Waals surface area contributed by atoms with E-state index in [4.69, 9.17) is 11.6 Å². The minimum Gasteiger partial charge on any atom is -0.356 e. The number of amidine groups is 1. The van der Waals surface area contributed by atoms with Crippen LogP contribution < -0.4 is 5.32 Å². The molecule has 144 valence electrons. The summed E-state index contributed by atoms with van der Waals surface area (Å²) < 4.78 is 29.3. The van der Waals surface area contributed by atoms with Gasteiger partial charge in [0.15, 0.2) is 0 Å². The molecule has 0 atom stereocenters. The maximum absolute atomic E-state index is 12.6. The van der Waals surface area contributed by atoms with Gasteiger partial charge in [-0.15, -0.1) is 4.40 Å². The lowest BCUT2D eigenvalue weighted by Gasteiger charge is -2.32. The van der Waals surface area contributed by atoms with E-state index in [1.165, 1.54) is 0 Å². The van der Waals surface area contributed by atoms with E-state index in [2.05, 4.69) is 9.71 Å². The summed E-state index contributed by atoms with van der Waals surface area (Å²) in [6, 6.07) is 7.12. The van der Waals surface area contributed by atoms with Crippen molar-refractivity contribution in [3.8, 4) is 0 Å². The van der Waals surface area contributed by atoms with Crippen molar-refractivity contribution >= 4 is 38.3 Å². The second kappa shape index (κ2) is 6.95. The van der Waals surface area contributed by atoms with Crippen LogP contribution in [0.1, 0.15) is 38.2 Å². The maximum atomic E-state index is 12.6. The van der Waals surface area contributed by atoms with Gasteiger partial charge in [0.05, 0.1) is 0 Å². The first kappa shape index (κ1) is 18.5. The molecule has 2 fully saturated rings. The van der Waals surface area contributed by atoms with Gasteiger partial charge in [0.1, 0.15) is 10.7 Å². The molecule has 2 heterocycles. The molecule has 1 saturated carbocycles. The quantitative estimate of drug-likeness (QED) is 0.835. The summed E-state index contributed by atoms with van der Waals surface area (Å²) in [7, 11) is -3.73. The number of likely N-dealkylation sites (tertiary alicyclic amines) is 1. The van der Waals surface area contributed by atoms with Crippen LogP contribution in [-0.2, 0) is 14.8 Å². The number of benzene rings is 1. The third-order valence-electron chi connectivity index (χ3n) is 5.34. The summed E-state index contributed by atoms with van der Waals surface area (Å²) in [6.45, 7) is 3.05. The highest BCUT2D eigenvalue weighted by Crippen LogP contribution is 2.35. The summed E-state index contributed by atoms with van der Waals surface area (Å²) >= 11 is 5.92. The molecule has 0 radical (unpaired) electrons. The van der Waals surface area contributed by atoms with Crippen molar-refractivity contribution in [1.82, 2.24) is 10.2 Å². The molecule has 0 spiro atoms. The van der Waals surface area contributed by atoms with Gasteiger partial charge in [-0.2, -0.15) is 8.42 Å². The van der Waals surface area contributed by atoms with E-state index >= 15 is 0 Å². The van der Waals surface area contributed by atoms with Crippen molar-refractivity contribution in [2.75, 3.05) is 13.1 Å². The minimum atomic E-state index is -3.73. The molecule has 1 aromatic rings. The van der Waals surface area contributed by atoms with Gasteiger partial charge in [0, 0.05) is 35.6 Å². The Hall–Kier alpha value is -1.86. The van der Waals surface area contributed by atoms with E-state index in [0.717, 1.165) is 12.8 Å². The van der Waals surface area contributed by atoms with E-state index in [1.807, 2.05) is 4.90 Å². The van der Waals surface area contributed by atoms with Crippen LogP contribution in [0.2, 0.25) is 5.02 Å². The van der Waals surface area contributed by atoms with E-state index in [0.29, 0.717) is 54.0 Å². The Morgan fingerprint density at radius 1 is 1.15 bits per heavy atom. The standard InChI is InChI=1S/C19H22ClN3O3S/c1-12-17(13-2-4-15(20)5-3-13)27(25,26)22-18(12)23-10-8-14(9-11-23)19(24)21-16-6-7-16/h2-5,14,16H,6-11H2,1H3,(H,21,24). The number of hydrogen-bond acceptors (Lipinski definition) is 4. The molecule has 6 nitrogen and oxygen atoms in total. The largest absolute Gasteiger partial charge is 0.356 e. The molecule has 8 heteroatoms. The predicted molar refractivity (Wildman–Crippen MR) is 106 cm³/mol. The number of hydrogen-bond donors (Lipinski definition) is 1. The molecule has 27 heavy (non-hydrogen) atoms. The SMILES string of the molecule is CC1=C(c2ccc(Cl)cc2)S(=O)(=O)N=C1N1CCC(C(=O)NC2CC2)CC1. The van der Waals surface area contributed by atoms with Crippen LogP contribution in [0.15, 0.2) is 34.2 Å². The van der Waals surface area contributed by atoms with Gasteiger partial charge in [0.2, 0.25) is 5.91 Å². The van der Waals surface area contributed by atoms with Gasteiger partial charge in [-0.25, -0.2) is 0 Å². The van der Waals surface area contributed by atoms with Crippen LogP contribution in [0.25, 0.3) is 4.91 Å². The highest BCUT2D eigenvalue weighted by Gasteiger charge is 2.36. The first-order valence-electron chi connectivity index (χ1n) is 9.22. The average Bonchev–Trinajstić information content (AvgIpc) is 3.41. The molecule has 1 aliphatic carbocycles. The predicted octanol–water partition coefficient (Wildman–Crippen LogP) is 2.80. The molecule has 1 aromatic carbocycles. The molecule has 3 aliphatic rings. The number of nitrogens with zero attached hydrogens (tertiary/aromatic N) is 2. The molecule has 2 aliphatic heterocycles. The Morgan fingerprint density at radius 3 is 2.37 bits per heavy atom. The highest BCUT2D eigenvalue weighted by atomic mass is 35.5. The van der Waals surface area contributed by atoms with Crippen LogP contribution >= 0.6 is 11.6 Å².